The van der Waals surface area contributed by atoms with Gasteiger partial charge in [-0.3, -0.25) is 9.69 Å². The second-order valence-corrected chi connectivity index (χ2v) is 7.84. The lowest BCUT2D eigenvalue weighted by Crippen LogP contribution is -2.55. The van der Waals surface area contributed by atoms with Crippen molar-refractivity contribution in [3.05, 3.63) is 24.3 Å². The molecule has 1 saturated heterocycles. The number of piperazine rings is 1. The van der Waals surface area contributed by atoms with Gasteiger partial charge >= 0.3 is 0 Å². The lowest BCUT2D eigenvalue weighted by atomic mass is 10.1. The number of hydrogen-bond acceptors (Lipinski definition) is 5. The smallest absolute Gasteiger partial charge is 0.264 e. The van der Waals surface area contributed by atoms with Gasteiger partial charge in [0.25, 0.3) is 5.91 Å². The molecule has 23 heavy (non-hydrogen) atoms. The number of carbonyl (C=O) groups is 1. The number of benzene rings is 1. The molecular formula is C17H24N2O3S. The number of thioether (sulfide) groups is 1. The molecule has 3 rings (SSSR count). The van der Waals surface area contributed by atoms with E-state index in [2.05, 4.69) is 4.90 Å². The fourth-order valence-electron chi connectivity index (χ4n) is 3.02. The Morgan fingerprint density at radius 1 is 1.30 bits per heavy atom. The minimum Gasteiger partial charge on any atom is -0.479 e. The van der Waals surface area contributed by atoms with Crippen LogP contribution in [0.3, 0.4) is 0 Å². The van der Waals surface area contributed by atoms with E-state index in [4.69, 9.17) is 4.74 Å². The van der Waals surface area contributed by atoms with Crippen LogP contribution < -0.4 is 4.74 Å². The normalized spacial score (nSPS) is 22.4. The maximum atomic E-state index is 12.7. The van der Waals surface area contributed by atoms with Gasteiger partial charge in [0.2, 0.25) is 0 Å². The third-order valence-corrected chi connectivity index (χ3v) is 5.20. The first-order chi connectivity index (χ1) is 10.9. The Balaban J connectivity index is 1.54. The zero-order chi connectivity index (χ0) is 16.4. The van der Waals surface area contributed by atoms with E-state index >= 15 is 0 Å². The topological polar surface area (TPSA) is 53.0 Å². The molecule has 1 amide bonds. The molecule has 2 aliphatic heterocycles. The molecule has 0 aliphatic carbocycles. The Hall–Kier alpha value is -1.24. The molecule has 0 radical (unpaired) electrons. The van der Waals surface area contributed by atoms with Crippen LogP contribution in [-0.4, -0.2) is 71.0 Å². The molecule has 126 valence electrons. The molecule has 1 fully saturated rings. The van der Waals surface area contributed by atoms with E-state index in [1.54, 1.807) is 11.8 Å². The molecule has 0 unspecified atom stereocenters. The predicted octanol–water partition coefficient (Wildman–Crippen LogP) is 1.45. The molecule has 1 aromatic rings. The predicted molar refractivity (Wildman–Crippen MR) is 90.9 cm³/mol. The van der Waals surface area contributed by atoms with Gasteiger partial charge in [-0.2, -0.15) is 0 Å². The van der Waals surface area contributed by atoms with Crippen LogP contribution in [-0.2, 0) is 4.79 Å². The first-order valence-electron chi connectivity index (χ1n) is 8.04. The van der Waals surface area contributed by atoms with Gasteiger partial charge in [0.05, 0.1) is 5.60 Å². The van der Waals surface area contributed by atoms with E-state index in [-0.39, 0.29) is 5.91 Å². The largest absolute Gasteiger partial charge is 0.479 e. The van der Waals surface area contributed by atoms with Crippen molar-refractivity contribution >= 4 is 17.7 Å². The summed E-state index contributed by atoms with van der Waals surface area (Å²) in [6.07, 6.45) is -0.393. The van der Waals surface area contributed by atoms with Crippen LogP contribution in [0, 0.1) is 0 Å². The molecule has 0 bridgehead atoms. The van der Waals surface area contributed by atoms with Crippen LogP contribution in [0.1, 0.15) is 13.8 Å². The number of rotatable bonds is 3. The van der Waals surface area contributed by atoms with Crippen molar-refractivity contribution in [2.24, 2.45) is 0 Å². The summed E-state index contributed by atoms with van der Waals surface area (Å²) in [5.74, 6) is 1.55. The highest BCUT2D eigenvalue weighted by atomic mass is 32.2. The molecule has 0 spiro atoms. The zero-order valence-electron chi connectivity index (χ0n) is 13.7. The van der Waals surface area contributed by atoms with Gasteiger partial charge in [0, 0.05) is 43.4 Å². The average Bonchev–Trinajstić information content (AvgIpc) is 2.53. The van der Waals surface area contributed by atoms with Gasteiger partial charge in [0.1, 0.15) is 5.75 Å². The van der Waals surface area contributed by atoms with E-state index in [9.17, 15) is 9.90 Å². The minimum atomic E-state index is -0.695. The Bertz CT molecular complexity index is 565. The number of para-hydroxylation sites is 1. The van der Waals surface area contributed by atoms with E-state index in [0.29, 0.717) is 25.4 Å². The van der Waals surface area contributed by atoms with Crippen LogP contribution in [0.15, 0.2) is 29.2 Å². The molecule has 5 nitrogen and oxygen atoms in total. The molecule has 1 aromatic carbocycles. The van der Waals surface area contributed by atoms with Crippen LogP contribution in [0.4, 0.5) is 0 Å². The fraction of sp³-hybridized carbons (Fsp3) is 0.588. The lowest BCUT2D eigenvalue weighted by molar-refractivity contribution is -0.140. The van der Waals surface area contributed by atoms with Crippen molar-refractivity contribution in [1.29, 1.82) is 0 Å². The van der Waals surface area contributed by atoms with Crippen LogP contribution in [0.25, 0.3) is 0 Å². The number of amides is 1. The van der Waals surface area contributed by atoms with Crippen molar-refractivity contribution in [3.63, 3.8) is 0 Å². The summed E-state index contributed by atoms with van der Waals surface area (Å²) >= 11 is 1.68. The number of ether oxygens (including phenoxy) is 1. The van der Waals surface area contributed by atoms with Gasteiger partial charge in [-0.15, -0.1) is 11.8 Å². The monoisotopic (exact) mass is 336 g/mol. The molecule has 1 N–H and O–H groups in total. The maximum Gasteiger partial charge on any atom is 0.264 e. The molecule has 1 atom stereocenters. The van der Waals surface area contributed by atoms with Crippen molar-refractivity contribution in [2.45, 2.75) is 30.4 Å². The highest BCUT2D eigenvalue weighted by molar-refractivity contribution is 7.99. The minimum absolute atomic E-state index is 0.0786. The van der Waals surface area contributed by atoms with Gasteiger partial charge in [-0.25, -0.2) is 0 Å². The summed E-state index contributed by atoms with van der Waals surface area (Å²) in [6, 6.07) is 7.86. The summed E-state index contributed by atoms with van der Waals surface area (Å²) in [5, 5.41) is 9.90. The van der Waals surface area contributed by atoms with Crippen LogP contribution in [0.2, 0.25) is 0 Å². The SMILES string of the molecule is CC(C)(O)CN1CCN(C(=O)[C@@H]2CSc3ccccc3O2)CC1. The quantitative estimate of drug-likeness (QED) is 0.906. The van der Waals surface area contributed by atoms with Gasteiger partial charge in [-0.05, 0) is 26.0 Å². The van der Waals surface area contributed by atoms with Crippen molar-refractivity contribution in [1.82, 2.24) is 9.80 Å². The number of aliphatic hydroxyl groups is 1. The van der Waals surface area contributed by atoms with Gasteiger partial charge in [0.15, 0.2) is 6.10 Å². The molecule has 6 heteroatoms. The number of hydrogen-bond donors (Lipinski definition) is 1. The summed E-state index contributed by atoms with van der Waals surface area (Å²) < 4.78 is 5.89. The molecule has 0 saturated carbocycles. The highest BCUT2D eigenvalue weighted by Crippen LogP contribution is 2.35. The van der Waals surface area contributed by atoms with Gasteiger partial charge in [-0.1, -0.05) is 12.1 Å². The van der Waals surface area contributed by atoms with Crippen molar-refractivity contribution in [2.75, 3.05) is 38.5 Å². The van der Waals surface area contributed by atoms with E-state index in [0.717, 1.165) is 23.7 Å². The third-order valence-electron chi connectivity index (χ3n) is 4.08. The molecular weight excluding hydrogens is 312 g/mol. The lowest BCUT2D eigenvalue weighted by Gasteiger charge is -2.38. The second-order valence-electron chi connectivity index (χ2n) is 6.78. The first-order valence-corrected chi connectivity index (χ1v) is 9.03. The number of nitrogens with zero attached hydrogens (tertiary/aromatic N) is 2. The number of β-amino-alcohol motifs (C(OH)–C–C–N with tert-alkyl or cyclic N) is 1. The van der Waals surface area contributed by atoms with E-state index in [1.165, 1.54) is 0 Å². The summed E-state index contributed by atoms with van der Waals surface area (Å²) in [4.78, 5) is 17.9. The Kier molecular flexibility index (Phi) is 4.85. The maximum absolute atomic E-state index is 12.7. The molecule has 2 heterocycles. The Morgan fingerprint density at radius 3 is 2.70 bits per heavy atom. The van der Waals surface area contributed by atoms with E-state index < -0.39 is 11.7 Å². The fourth-order valence-corrected chi connectivity index (χ4v) is 3.99. The van der Waals surface area contributed by atoms with E-state index in [1.807, 2.05) is 43.0 Å². The highest BCUT2D eigenvalue weighted by Gasteiger charge is 2.32. The number of fused-ring (bicyclic) bond motifs is 1. The Morgan fingerprint density at radius 2 is 2.00 bits per heavy atom. The second kappa shape index (κ2) is 6.71. The summed E-state index contributed by atoms with van der Waals surface area (Å²) in [6.45, 7) is 7.25. The zero-order valence-corrected chi connectivity index (χ0v) is 14.5. The number of carbonyl (C=O) groups excluding carboxylic acids is 1. The van der Waals surface area contributed by atoms with Crippen molar-refractivity contribution < 1.29 is 14.6 Å². The van der Waals surface area contributed by atoms with Gasteiger partial charge < -0.3 is 14.7 Å². The Labute approximate surface area is 141 Å². The molecule has 2 aliphatic rings. The summed E-state index contributed by atoms with van der Waals surface area (Å²) in [5.41, 5.74) is -0.695. The van der Waals surface area contributed by atoms with Crippen LogP contribution >= 0.6 is 11.8 Å². The van der Waals surface area contributed by atoms with Crippen LogP contribution in [0.5, 0.6) is 5.75 Å². The first kappa shape index (κ1) is 16.6. The third kappa shape index (κ3) is 4.19. The standard InChI is InChI=1S/C17H24N2O3S/c1-17(2,21)12-18-7-9-19(10-8-18)16(20)14-11-23-15-6-4-3-5-13(15)22-14/h3-6,14,21H,7-12H2,1-2H3/t14-/m0/s1. The summed E-state index contributed by atoms with van der Waals surface area (Å²) in [7, 11) is 0. The average molecular weight is 336 g/mol. The van der Waals surface area contributed by atoms with Crippen molar-refractivity contribution in [3.8, 4) is 5.75 Å². The molecule has 0 aromatic heterocycles.